The molecule has 72 heavy (non-hydrogen) atoms. The molecule has 0 N–H and O–H groups in total. The molecule has 3 aliphatic carbocycles. The molecule has 11 rings (SSSR count). The van der Waals surface area contributed by atoms with Crippen LogP contribution in [0.5, 0.6) is 0 Å². The van der Waals surface area contributed by atoms with Crippen LogP contribution in [0.15, 0.2) is 224 Å². The van der Waals surface area contributed by atoms with E-state index in [1.807, 2.05) is 0 Å². The molecule has 3 saturated carbocycles. The quantitative estimate of drug-likeness (QED) is 0.102. The molecule has 0 atom stereocenters. The van der Waals surface area contributed by atoms with E-state index < -0.39 is 0 Å². The summed E-state index contributed by atoms with van der Waals surface area (Å²) in [5, 5.41) is 0. The number of para-hydroxylation sites is 4. The zero-order chi connectivity index (χ0) is 48.3. The van der Waals surface area contributed by atoms with Gasteiger partial charge < -0.3 is 19.6 Å². The lowest BCUT2D eigenvalue weighted by Gasteiger charge is -2.39. The lowest BCUT2D eigenvalue weighted by atomic mass is 9.81. The van der Waals surface area contributed by atoms with Crippen molar-refractivity contribution in [1.29, 1.82) is 0 Å². The first-order chi connectivity index (χ1) is 35.7. The molecule has 8 aromatic rings. The van der Waals surface area contributed by atoms with Crippen molar-refractivity contribution in [3.8, 4) is 0 Å². The van der Waals surface area contributed by atoms with Gasteiger partial charge in [-0.25, -0.2) is 0 Å². The fourth-order valence-corrected chi connectivity index (χ4v) is 12.1. The van der Waals surface area contributed by atoms with Crippen LogP contribution in [0.25, 0.3) is 6.08 Å². The van der Waals surface area contributed by atoms with Gasteiger partial charge in [0.05, 0.1) is 0 Å². The van der Waals surface area contributed by atoms with Gasteiger partial charge in [-0.15, -0.1) is 0 Å². The summed E-state index contributed by atoms with van der Waals surface area (Å²) < 4.78 is 0. The molecule has 3 aliphatic rings. The minimum atomic E-state index is 0.402. The Morgan fingerprint density at radius 3 is 1.03 bits per heavy atom. The first-order valence-corrected chi connectivity index (χ1v) is 27.2. The van der Waals surface area contributed by atoms with E-state index in [9.17, 15) is 0 Å². The first-order valence-electron chi connectivity index (χ1n) is 27.2. The zero-order valence-corrected chi connectivity index (χ0v) is 41.9. The van der Waals surface area contributed by atoms with Crippen molar-refractivity contribution in [2.45, 2.75) is 108 Å². The lowest BCUT2D eigenvalue weighted by molar-refractivity contribution is 0.392. The minimum Gasteiger partial charge on any atom is -0.338 e. The number of allylic oxidation sites excluding steroid dienone is 1. The van der Waals surface area contributed by atoms with E-state index in [-0.39, 0.29) is 0 Å². The average molecular weight is 943 g/mol. The van der Waals surface area contributed by atoms with Crippen molar-refractivity contribution < 1.29 is 0 Å². The highest BCUT2D eigenvalue weighted by Gasteiger charge is 2.29. The fourth-order valence-electron chi connectivity index (χ4n) is 12.1. The van der Waals surface area contributed by atoms with Crippen LogP contribution >= 0.6 is 0 Å². The van der Waals surface area contributed by atoms with Crippen LogP contribution in [0.3, 0.4) is 0 Å². The van der Waals surface area contributed by atoms with Gasteiger partial charge in [-0.2, -0.15) is 0 Å². The summed E-state index contributed by atoms with van der Waals surface area (Å²) in [6.07, 6.45) is 22.6. The number of anilines is 10. The number of nitrogens with zero attached hydrogens (tertiary/aromatic N) is 4. The summed E-state index contributed by atoms with van der Waals surface area (Å²) in [4.78, 5) is 10.0. The summed E-state index contributed by atoms with van der Waals surface area (Å²) in [7, 11) is 0. The van der Waals surface area contributed by atoms with E-state index in [4.69, 9.17) is 0 Å². The summed E-state index contributed by atoms with van der Waals surface area (Å²) in [6.45, 7) is 0. The SMILES string of the molecule is C(=CC1CCCCC1)c1ccc(N(c2ccc(N(c3ccccc3)c3ccc(N(c4ccccc4)C4CCC(c5ccc(N(c6ccccc6)c6ccccc6)cc5)CC4)cc3)cc2)C2CCCCC2)cc1. The molecule has 0 bridgehead atoms. The van der Waals surface area contributed by atoms with Crippen LogP contribution in [0, 0.1) is 5.92 Å². The molecule has 0 spiro atoms. The van der Waals surface area contributed by atoms with Crippen molar-refractivity contribution in [1.82, 2.24) is 0 Å². The Balaban J connectivity index is 0.822. The van der Waals surface area contributed by atoms with Crippen LogP contribution in [0.1, 0.15) is 107 Å². The minimum absolute atomic E-state index is 0.402. The van der Waals surface area contributed by atoms with Gasteiger partial charge in [-0.3, -0.25) is 0 Å². The normalized spacial score (nSPS) is 17.6. The molecule has 0 aromatic heterocycles. The smallest absolute Gasteiger partial charge is 0.0463 e. The van der Waals surface area contributed by atoms with E-state index in [1.54, 1.807) is 0 Å². The Hall–Kier alpha value is -7.30. The maximum atomic E-state index is 2.63. The molecule has 0 radical (unpaired) electrons. The van der Waals surface area contributed by atoms with Crippen LogP contribution in [-0.2, 0) is 0 Å². The van der Waals surface area contributed by atoms with Gasteiger partial charge in [0.25, 0.3) is 0 Å². The molecular weight excluding hydrogens is 873 g/mol. The van der Waals surface area contributed by atoms with Crippen molar-refractivity contribution >= 4 is 62.9 Å². The molecular formula is C68H70N4. The predicted molar refractivity (Wildman–Crippen MR) is 307 cm³/mol. The van der Waals surface area contributed by atoms with Crippen molar-refractivity contribution in [2.75, 3.05) is 19.6 Å². The molecule has 4 nitrogen and oxygen atoms in total. The summed E-state index contributed by atoms with van der Waals surface area (Å²) in [5.41, 5.74) is 14.8. The Kier molecular flexibility index (Phi) is 14.9. The van der Waals surface area contributed by atoms with E-state index in [1.165, 1.54) is 115 Å². The van der Waals surface area contributed by atoms with Gasteiger partial charge in [0.1, 0.15) is 0 Å². The largest absolute Gasteiger partial charge is 0.338 e. The monoisotopic (exact) mass is 943 g/mol. The Bertz CT molecular complexity index is 2860. The maximum Gasteiger partial charge on any atom is 0.0463 e. The zero-order valence-electron chi connectivity index (χ0n) is 41.9. The van der Waals surface area contributed by atoms with Gasteiger partial charge in [0.15, 0.2) is 0 Å². The van der Waals surface area contributed by atoms with E-state index in [0.717, 1.165) is 48.7 Å². The first kappa shape index (κ1) is 47.0. The number of hydrogen-bond acceptors (Lipinski definition) is 4. The van der Waals surface area contributed by atoms with Gasteiger partial charge in [0, 0.05) is 69.0 Å². The van der Waals surface area contributed by atoms with Crippen LogP contribution < -0.4 is 19.6 Å². The number of benzene rings is 8. The second-order valence-corrected chi connectivity index (χ2v) is 20.5. The van der Waals surface area contributed by atoms with E-state index >= 15 is 0 Å². The van der Waals surface area contributed by atoms with Crippen molar-refractivity contribution in [3.05, 3.63) is 236 Å². The molecule has 8 aromatic carbocycles. The third-order valence-electron chi connectivity index (χ3n) is 15.9. The van der Waals surface area contributed by atoms with Gasteiger partial charge in [-0.05, 0) is 196 Å². The predicted octanol–water partition coefficient (Wildman–Crippen LogP) is 19.6. The van der Waals surface area contributed by atoms with Crippen molar-refractivity contribution in [2.24, 2.45) is 5.92 Å². The van der Waals surface area contributed by atoms with E-state index in [0.29, 0.717) is 18.0 Å². The Morgan fingerprint density at radius 2 is 0.597 bits per heavy atom. The van der Waals surface area contributed by atoms with E-state index in [2.05, 4.69) is 250 Å². The van der Waals surface area contributed by atoms with Crippen molar-refractivity contribution in [3.63, 3.8) is 0 Å². The molecule has 0 heterocycles. The standard InChI is InChI=1S/C68H70N4/c1-7-19-53(20-8-1)31-32-54-33-39-62(40-34-54)70(59-25-13-4-14-26-59)65-45-49-67(50-46-65)72(61-29-17-6-18-30-61)68-51-47-66(48-52-68)71(60-27-15-5-16-28-60)64-43-37-56(38-44-64)55-35-41-63(42-36-55)69(57-21-9-2-10-22-57)58-23-11-3-12-24-58/h2-3,5-6,9-12,15-18,21-24,27-36,39-42,45-53,56,59,64H,1,4,7-8,13-14,19-20,25-26,37-38,43-44H2. The topological polar surface area (TPSA) is 13.0 Å². The fraction of sp³-hybridized carbons (Fsp3) is 0.265. The van der Waals surface area contributed by atoms with Crippen LogP contribution in [0.4, 0.5) is 56.9 Å². The summed E-state index contributed by atoms with van der Waals surface area (Å²) in [5.74, 6) is 1.27. The lowest BCUT2D eigenvalue weighted by Crippen LogP contribution is -2.34. The second-order valence-electron chi connectivity index (χ2n) is 20.5. The van der Waals surface area contributed by atoms with Gasteiger partial charge in [-0.1, -0.05) is 148 Å². The summed E-state index contributed by atoms with van der Waals surface area (Å²) >= 11 is 0. The molecule has 4 heteroatoms. The number of rotatable bonds is 15. The average Bonchev–Trinajstić information content (AvgIpc) is 3.46. The third-order valence-corrected chi connectivity index (χ3v) is 15.9. The molecule has 0 aliphatic heterocycles. The Morgan fingerprint density at radius 1 is 0.278 bits per heavy atom. The van der Waals surface area contributed by atoms with Gasteiger partial charge >= 0.3 is 0 Å². The molecule has 3 fully saturated rings. The second kappa shape index (κ2) is 22.8. The highest BCUT2D eigenvalue weighted by atomic mass is 15.2. The highest BCUT2D eigenvalue weighted by Crippen LogP contribution is 2.44. The third kappa shape index (κ3) is 10.9. The Labute approximate surface area is 429 Å². The maximum absolute atomic E-state index is 2.63. The highest BCUT2D eigenvalue weighted by molar-refractivity contribution is 5.80. The molecule has 0 amide bonds. The van der Waals surface area contributed by atoms with Gasteiger partial charge in [0.2, 0.25) is 0 Å². The summed E-state index contributed by atoms with van der Waals surface area (Å²) in [6, 6.07) is 81.7. The molecule has 0 saturated heterocycles. The molecule has 362 valence electrons. The van der Waals surface area contributed by atoms with Crippen LogP contribution in [0.2, 0.25) is 0 Å². The van der Waals surface area contributed by atoms with Crippen LogP contribution in [-0.4, -0.2) is 12.1 Å². The molecule has 0 unspecified atom stereocenters. The number of hydrogen-bond donors (Lipinski definition) is 0.